The van der Waals surface area contributed by atoms with Crippen LogP contribution < -0.4 is 5.32 Å². The number of amidine groups is 6. The Morgan fingerprint density at radius 1 is 0.462 bits per heavy atom. The number of fused-ring (bicyclic) bond motifs is 15. The minimum absolute atomic E-state index is 0.445. The van der Waals surface area contributed by atoms with Crippen LogP contribution in [0.5, 0.6) is 0 Å². The summed E-state index contributed by atoms with van der Waals surface area (Å²) >= 11 is 0. The third-order valence-corrected chi connectivity index (χ3v) is 8.55. The Labute approximate surface area is 225 Å². The van der Waals surface area contributed by atoms with Gasteiger partial charge in [0.15, 0.2) is 29.2 Å². The maximum absolute atomic E-state index is 5.24. The highest BCUT2D eigenvalue weighted by molar-refractivity contribution is 6.32. The maximum Gasteiger partial charge on any atom is 0.164 e. The van der Waals surface area contributed by atoms with Crippen LogP contribution in [-0.4, -0.2) is 35.0 Å². The predicted octanol–water partition coefficient (Wildman–Crippen LogP) is 5.24. The molecule has 1 fully saturated rings. The van der Waals surface area contributed by atoms with E-state index in [9.17, 15) is 0 Å². The third-order valence-electron chi connectivity index (χ3n) is 8.55. The molecular weight excluding hydrogens is 482 g/mol. The smallest absolute Gasteiger partial charge is 0.164 e. The summed E-state index contributed by atoms with van der Waals surface area (Å²) in [4.78, 5) is 30.2. The quantitative estimate of drug-likeness (QED) is 0.445. The van der Waals surface area contributed by atoms with Gasteiger partial charge in [-0.15, -0.1) is 0 Å². The first-order valence-electron chi connectivity index (χ1n) is 13.6. The van der Waals surface area contributed by atoms with E-state index in [1.54, 1.807) is 0 Å². The van der Waals surface area contributed by atoms with Crippen molar-refractivity contribution in [2.45, 2.75) is 25.7 Å². The molecule has 2 unspecified atom stereocenters. The molecule has 3 aromatic rings. The Morgan fingerprint density at radius 2 is 0.872 bits per heavy atom. The average Bonchev–Trinajstić information content (AvgIpc) is 3.63. The highest BCUT2D eigenvalue weighted by Crippen LogP contribution is 2.49. The van der Waals surface area contributed by atoms with Crippen molar-refractivity contribution in [2.24, 2.45) is 41.8 Å². The molecule has 1 saturated carbocycles. The van der Waals surface area contributed by atoms with Gasteiger partial charge in [-0.1, -0.05) is 85.6 Å². The molecule has 0 amide bonds. The van der Waals surface area contributed by atoms with Gasteiger partial charge in [0.2, 0.25) is 0 Å². The number of nitrogens with one attached hydrogen (secondary N) is 1. The molecule has 2 aliphatic carbocycles. The molecule has 6 aliphatic rings. The van der Waals surface area contributed by atoms with Gasteiger partial charge in [-0.2, -0.15) is 0 Å². The van der Waals surface area contributed by atoms with Gasteiger partial charge in [0, 0.05) is 50.9 Å². The van der Waals surface area contributed by atoms with Crippen molar-refractivity contribution in [3.8, 4) is 0 Å². The van der Waals surface area contributed by atoms with Crippen LogP contribution in [0.4, 0.5) is 0 Å². The second kappa shape index (κ2) is 7.86. The minimum atomic E-state index is 0.445. The summed E-state index contributed by atoms with van der Waals surface area (Å²) in [7, 11) is 0. The van der Waals surface area contributed by atoms with Crippen molar-refractivity contribution < 1.29 is 0 Å². The van der Waals surface area contributed by atoms with E-state index >= 15 is 0 Å². The van der Waals surface area contributed by atoms with E-state index < -0.39 is 0 Å². The number of aliphatic imine (C=N–C) groups is 6. The molecule has 2 atom stereocenters. The van der Waals surface area contributed by atoms with Crippen LogP contribution in [0.25, 0.3) is 0 Å². The van der Waals surface area contributed by atoms with Crippen molar-refractivity contribution in [3.05, 3.63) is 118 Å². The summed E-state index contributed by atoms with van der Waals surface area (Å²) in [6.45, 7) is 0. The third kappa shape index (κ3) is 3.04. The zero-order valence-electron chi connectivity index (χ0n) is 21.1. The normalized spacial score (nSPS) is 23.5. The molecule has 39 heavy (non-hydrogen) atoms. The van der Waals surface area contributed by atoms with E-state index in [0.29, 0.717) is 35.2 Å². The molecule has 186 valence electrons. The zero-order valence-corrected chi connectivity index (χ0v) is 21.1. The Balaban J connectivity index is 1.32. The largest absolute Gasteiger partial charge is 0.341 e. The van der Waals surface area contributed by atoms with Gasteiger partial charge in [0.25, 0.3) is 0 Å². The van der Waals surface area contributed by atoms with Crippen LogP contribution in [0.1, 0.15) is 59.1 Å². The first-order chi connectivity index (χ1) is 19.3. The lowest BCUT2D eigenvalue weighted by molar-refractivity contribution is 0.251. The van der Waals surface area contributed by atoms with Crippen molar-refractivity contribution in [3.63, 3.8) is 0 Å². The van der Waals surface area contributed by atoms with Crippen LogP contribution in [-0.2, 0) is 0 Å². The lowest BCUT2D eigenvalue weighted by Gasteiger charge is -2.43. The second-order valence-corrected chi connectivity index (χ2v) is 10.7. The summed E-state index contributed by atoms with van der Waals surface area (Å²) in [5, 5.41) is 3.74. The lowest BCUT2D eigenvalue weighted by atomic mass is 9.67. The van der Waals surface area contributed by atoms with Crippen LogP contribution in [0, 0.1) is 11.8 Å². The van der Waals surface area contributed by atoms with Gasteiger partial charge in [0.1, 0.15) is 5.84 Å². The van der Waals surface area contributed by atoms with Crippen LogP contribution in [0.3, 0.4) is 0 Å². The highest BCUT2D eigenvalue weighted by atomic mass is 15.1. The summed E-state index contributed by atoms with van der Waals surface area (Å²) in [5.74, 6) is 4.99. The van der Waals surface area contributed by atoms with Crippen molar-refractivity contribution >= 4 is 35.0 Å². The number of hydrogen-bond acceptors (Lipinski definition) is 7. The van der Waals surface area contributed by atoms with Gasteiger partial charge >= 0.3 is 0 Å². The summed E-state index contributed by atoms with van der Waals surface area (Å²) in [5.41, 5.74) is 8.21. The summed E-state index contributed by atoms with van der Waals surface area (Å²) in [6.07, 6.45) is 4.81. The number of benzene rings is 3. The summed E-state index contributed by atoms with van der Waals surface area (Å²) < 4.78 is 0. The number of hydrogen-bond donors (Lipinski definition) is 1. The fourth-order valence-corrected chi connectivity index (χ4v) is 6.66. The molecular formula is C32H23N7. The van der Waals surface area contributed by atoms with Crippen molar-refractivity contribution in [1.82, 2.24) is 5.32 Å². The highest BCUT2D eigenvalue weighted by Gasteiger charge is 2.43. The van der Waals surface area contributed by atoms with E-state index in [1.807, 2.05) is 42.5 Å². The summed E-state index contributed by atoms with van der Waals surface area (Å²) in [6, 6.07) is 24.6. The number of nitrogens with zero attached hydrogens (tertiary/aromatic N) is 6. The molecule has 0 radical (unpaired) electrons. The molecule has 0 spiro atoms. The second-order valence-electron chi connectivity index (χ2n) is 10.7. The monoisotopic (exact) mass is 505 g/mol. The number of rotatable bonds is 0. The van der Waals surface area contributed by atoms with E-state index in [2.05, 4.69) is 35.6 Å². The maximum atomic E-state index is 5.24. The Kier molecular flexibility index (Phi) is 4.27. The van der Waals surface area contributed by atoms with E-state index in [1.165, 1.54) is 25.0 Å². The standard InChI is InChI=1S/C32H23N7/c1-2-10-18-17(9-1)25-26(18)34-28-20-12-4-6-14-22(20)30(36-28)38-32-24-16-8-7-15-23(24)31(39-32)37-29-21-13-5-3-11-19(21)27(33-25)35-29/h3-8,11-18H,1-2,9-10H2,(H,33,34,35,36,37,38,39). The molecule has 7 heteroatoms. The minimum Gasteiger partial charge on any atom is -0.341 e. The van der Waals surface area contributed by atoms with Gasteiger partial charge in [-0.05, 0) is 12.8 Å². The molecule has 9 rings (SSSR count). The molecule has 6 bridgehead atoms. The van der Waals surface area contributed by atoms with Crippen LogP contribution in [0.2, 0.25) is 0 Å². The Bertz CT molecular complexity index is 1850. The zero-order chi connectivity index (χ0) is 25.5. The van der Waals surface area contributed by atoms with Crippen molar-refractivity contribution in [2.75, 3.05) is 0 Å². The molecule has 7 nitrogen and oxygen atoms in total. The topological polar surface area (TPSA) is 86.2 Å². The number of allylic oxidation sites excluding steroid dienone is 2. The molecule has 1 N–H and O–H groups in total. The predicted molar refractivity (Wildman–Crippen MR) is 154 cm³/mol. The Hall–Kier alpha value is -4.78. The first kappa shape index (κ1) is 21.2. The van der Waals surface area contributed by atoms with E-state index in [4.69, 9.17) is 30.0 Å². The fourth-order valence-electron chi connectivity index (χ4n) is 6.66. The average molecular weight is 506 g/mol. The first-order valence-corrected chi connectivity index (χ1v) is 13.6. The lowest BCUT2D eigenvalue weighted by Crippen LogP contribution is -2.42. The van der Waals surface area contributed by atoms with Gasteiger partial charge in [0.05, 0.1) is 5.70 Å². The van der Waals surface area contributed by atoms with Gasteiger partial charge in [-0.3, -0.25) is 0 Å². The van der Waals surface area contributed by atoms with Crippen molar-refractivity contribution in [1.29, 1.82) is 0 Å². The van der Waals surface area contributed by atoms with Gasteiger partial charge in [-0.25, -0.2) is 30.0 Å². The molecule has 0 saturated heterocycles. The van der Waals surface area contributed by atoms with Gasteiger partial charge < -0.3 is 5.32 Å². The SMILES string of the molecule is c1ccc2c(c1)C1=NC3=NC(=NC4=C(NC5=NC(=NC2=N1)c1ccccc15)C1CCCCC41)c1ccccc13. The molecule has 0 aromatic heterocycles. The van der Waals surface area contributed by atoms with E-state index in [0.717, 1.165) is 57.2 Å². The van der Waals surface area contributed by atoms with E-state index in [-0.39, 0.29) is 0 Å². The van der Waals surface area contributed by atoms with Crippen LogP contribution in [0.15, 0.2) is 114 Å². The Morgan fingerprint density at radius 3 is 1.41 bits per heavy atom. The molecule has 4 aliphatic heterocycles. The molecule has 3 aromatic carbocycles. The molecule has 4 heterocycles. The fraction of sp³-hybridized carbons (Fsp3) is 0.188. The van der Waals surface area contributed by atoms with Crippen LogP contribution >= 0.6 is 0 Å².